The van der Waals surface area contributed by atoms with Crippen molar-refractivity contribution in [2.75, 3.05) is 19.8 Å². The number of nitrogens with one attached hydrogen (secondary N) is 1. The van der Waals surface area contributed by atoms with Crippen molar-refractivity contribution in [3.05, 3.63) is 35.9 Å². The van der Waals surface area contributed by atoms with Gasteiger partial charge in [0.05, 0.1) is 13.2 Å². The van der Waals surface area contributed by atoms with Crippen LogP contribution in [0.25, 0.3) is 0 Å². The lowest BCUT2D eigenvalue weighted by Gasteiger charge is -2.39. The van der Waals surface area contributed by atoms with Crippen LogP contribution in [0.15, 0.2) is 30.3 Å². The predicted molar refractivity (Wildman–Crippen MR) is 116 cm³/mol. The summed E-state index contributed by atoms with van der Waals surface area (Å²) in [5.41, 5.74) is 4.05. The highest BCUT2D eigenvalue weighted by atomic mass is 17.1. The molecule has 0 aliphatic carbocycles. The van der Waals surface area contributed by atoms with Crippen molar-refractivity contribution >= 4 is 30.1 Å². The minimum absolute atomic E-state index is 0.0294. The lowest BCUT2D eigenvalue weighted by atomic mass is 9.74. The number of ether oxygens (including phenoxy) is 2. The van der Waals surface area contributed by atoms with Gasteiger partial charge in [-0.25, -0.2) is 14.4 Å². The van der Waals surface area contributed by atoms with E-state index in [1.807, 2.05) is 6.92 Å². The molecule has 0 radical (unpaired) electrons. The number of nitrogens with two attached hydrogens (primary N) is 1. The Balaban J connectivity index is 0.00000104. The van der Waals surface area contributed by atoms with Crippen molar-refractivity contribution in [3.63, 3.8) is 0 Å². The van der Waals surface area contributed by atoms with Gasteiger partial charge in [-0.05, 0) is 18.4 Å². The zero-order valence-corrected chi connectivity index (χ0v) is 18.9. The molecule has 2 unspecified atom stereocenters. The van der Waals surface area contributed by atoms with Gasteiger partial charge in [0.15, 0.2) is 5.41 Å². The molecule has 1 saturated heterocycles. The van der Waals surface area contributed by atoms with Crippen LogP contribution in [0.3, 0.4) is 0 Å². The maximum Gasteiger partial charge on any atom is 0.537 e. The Bertz CT molecular complexity index is 864. The molecular weight excluding hydrogens is 454 g/mol. The van der Waals surface area contributed by atoms with Crippen LogP contribution in [-0.4, -0.2) is 71.2 Å². The number of barbiturate groups is 1. The summed E-state index contributed by atoms with van der Waals surface area (Å²) in [4.78, 5) is 62.1. The highest BCUT2D eigenvalue weighted by Gasteiger charge is 2.54. The van der Waals surface area contributed by atoms with Crippen LogP contribution in [0.1, 0.15) is 38.7 Å². The Morgan fingerprint density at radius 2 is 1.79 bits per heavy atom. The first kappa shape index (κ1) is 28.3. The molecule has 5 N–H and O–H groups in total. The van der Waals surface area contributed by atoms with E-state index >= 15 is 0 Å². The van der Waals surface area contributed by atoms with Gasteiger partial charge in [-0.2, -0.15) is 5.26 Å². The first-order valence-electron chi connectivity index (χ1n) is 10.4. The van der Waals surface area contributed by atoms with Gasteiger partial charge < -0.3 is 20.3 Å². The third-order valence-corrected chi connectivity index (χ3v) is 4.95. The molecule has 34 heavy (non-hydrogen) atoms. The maximum atomic E-state index is 13.3. The van der Waals surface area contributed by atoms with Gasteiger partial charge in [0.1, 0.15) is 6.10 Å². The largest absolute Gasteiger partial charge is 0.537 e. The van der Waals surface area contributed by atoms with E-state index in [0.29, 0.717) is 12.2 Å². The SMILES string of the molecule is CCCCOCC(CN1C(=O)NC(=O)C(CC)(c2ccccc2)C1=O)OC(N)=O.O=C(O)OO. The van der Waals surface area contributed by atoms with Crippen LogP contribution >= 0.6 is 0 Å². The molecule has 0 saturated carbocycles. The molecule has 0 spiro atoms. The fourth-order valence-corrected chi connectivity index (χ4v) is 3.30. The fourth-order valence-electron chi connectivity index (χ4n) is 3.30. The number of benzene rings is 1. The number of unbranched alkanes of at least 4 members (excludes halogenated alkanes) is 1. The highest BCUT2D eigenvalue weighted by molar-refractivity contribution is 6.22. The minimum Gasteiger partial charge on any atom is -0.448 e. The second kappa shape index (κ2) is 13.7. The quantitative estimate of drug-likeness (QED) is 0.165. The molecular formula is C21H29N3O10. The Kier molecular flexibility index (Phi) is 11.5. The number of carbonyl (C=O) groups is 5. The van der Waals surface area contributed by atoms with E-state index in [9.17, 15) is 19.2 Å². The summed E-state index contributed by atoms with van der Waals surface area (Å²) in [6.07, 6.45) is -1.79. The summed E-state index contributed by atoms with van der Waals surface area (Å²) in [5.74, 6) is -1.35. The smallest absolute Gasteiger partial charge is 0.448 e. The third kappa shape index (κ3) is 7.42. The van der Waals surface area contributed by atoms with Crippen molar-refractivity contribution < 1.29 is 48.7 Å². The number of urea groups is 1. The van der Waals surface area contributed by atoms with Gasteiger partial charge in [-0.15, -0.1) is 0 Å². The number of hydrogen-bond acceptors (Lipinski definition) is 9. The van der Waals surface area contributed by atoms with E-state index in [1.54, 1.807) is 37.3 Å². The van der Waals surface area contributed by atoms with E-state index in [4.69, 9.17) is 30.4 Å². The van der Waals surface area contributed by atoms with Crippen molar-refractivity contribution in [1.29, 1.82) is 0 Å². The van der Waals surface area contributed by atoms with Crippen molar-refractivity contribution in [3.8, 4) is 0 Å². The number of nitrogens with zero attached hydrogens (tertiary/aromatic N) is 1. The average molecular weight is 483 g/mol. The van der Waals surface area contributed by atoms with Gasteiger partial charge in [0.25, 0.3) is 5.91 Å². The Morgan fingerprint density at radius 3 is 2.29 bits per heavy atom. The first-order valence-corrected chi connectivity index (χ1v) is 10.4. The van der Waals surface area contributed by atoms with Crippen molar-refractivity contribution in [2.24, 2.45) is 5.73 Å². The van der Waals surface area contributed by atoms with Gasteiger partial charge in [-0.3, -0.25) is 24.7 Å². The monoisotopic (exact) mass is 483 g/mol. The second-order valence-electron chi connectivity index (χ2n) is 7.14. The van der Waals surface area contributed by atoms with Crippen LogP contribution in [0, 0.1) is 0 Å². The van der Waals surface area contributed by atoms with Crippen LogP contribution in [0.4, 0.5) is 14.4 Å². The van der Waals surface area contributed by atoms with Gasteiger partial charge >= 0.3 is 18.3 Å². The standard InChI is InChI=1S/C20H27N3O6.CH2O4/c1-3-5-11-28-13-15(29-18(21)26)12-23-17(25)20(4-2,16(24)22-19(23)27)14-9-7-6-8-10-14;2-1(3)5-4/h6-10,15H,3-5,11-13H2,1-2H3,(H2,21,26)(H,22,24,27);4H,(H,2,3). The molecule has 13 nitrogen and oxygen atoms in total. The summed E-state index contributed by atoms with van der Waals surface area (Å²) in [6.45, 7) is 3.84. The maximum absolute atomic E-state index is 13.3. The van der Waals surface area contributed by atoms with Crippen LogP contribution in [0.2, 0.25) is 0 Å². The summed E-state index contributed by atoms with van der Waals surface area (Å²) in [5, 5.41) is 16.5. The number of carboxylic acid groups (broad SMARTS) is 1. The molecule has 5 amide bonds. The van der Waals surface area contributed by atoms with Gasteiger partial charge in [0, 0.05) is 6.61 Å². The molecule has 188 valence electrons. The molecule has 13 heteroatoms. The fraction of sp³-hybridized carbons (Fsp3) is 0.476. The Morgan fingerprint density at radius 1 is 1.18 bits per heavy atom. The third-order valence-electron chi connectivity index (χ3n) is 4.95. The Labute approximate surface area is 195 Å². The van der Waals surface area contributed by atoms with Gasteiger partial charge in [-0.1, -0.05) is 50.6 Å². The van der Waals surface area contributed by atoms with E-state index in [2.05, 4.69) is 10.2 Å². The molecule has 1 aromatic carbocycles. The number of primary amides is 1. The molecule has 2 atom stereocenters. The molecule has 0 bridgehead atoms. The lowest BCUT2D eigenvalue weighted by molar-refractivity contribution is -0.194. The predicted octanol–water partition coefficient (Wildman–Crippen LogP) is 1.85. The molecule has 1 aromatic rings. The summed E-state index contributed by atoms with van der Waals surface area (Å²) < 4.78 is 10.5. The normalized spacial score (nSPS) is 18.3. The number of amides is 5. The lowest BCUT2D eigenvalue weighted by Crippen LogP contribution is -2.67. The number of rotatable bonds is 10. The summed E-state index contributed by atoms with van der Waals surface area (Å²) in [6, 6.07) is 7.67. The number of hydrogen-bond donors (Lipinski definition) is 4. The van der Waals surface area contributed by atoms with Crippen molar-refractivity contribution in [2.45, 2.75) is 44.6 Å². The molecule has 1 aliphatic rings. The molecule has 2 rings (SSSR count). The van der Waals surface area contributed by atoms with E-state index in [-0.39, 0.29) is 19.6 Å². The van der Waals surface area contributed by atoms with Crippen molar-refractivity contribution in [1.82, 2.24) is 10.2 Å². The summed E-state index contributed by atoms with van der Waals surface area (Å²) in [7, 11) is 0. The zero-order chi connectivity index (χ0) is 25.7. The second-order valence-corrected chi connectivity index (χ2v) is 7.14. The zero-order valence-electron chi connectivity index (χ0n) is 18.9. The van der Waals surface area contributed by atoms with E-state index in [1.165, 1.54) is 0 Å². The molecule has 1 fully saturated rings. The number of imide groups is 2. The van der Waals surface area contributed by atoms with E-state index in [0.717, 1.165) is 17.7 Å². The van der Waals surface area contributed by atoms with Crippen LogP contribution in [0.5, 0.6) is 0 Å². The van der Waals surface area contributed by atoms with Crippen LogP contribution in [-0.2, 0) is 29.4 Å². The van der Waals surface area contributed by atoms with E-state index < -0.39 is 41.6 Å². The first-order chi connectivity index (χ1) is 16.1. The van der Waals surface area contributed by atoms with Crippen LogP contribution < -0.4 is 11.1 Å². The minimum atomic E-state index is -1.69. The summed E-state index contributed by atoms with van der Waals surface area (Å²) >= 11 is 0. The molecule has 1 aliphatic heterocycles. The number of carbonyl (C=O) groups excluding carboxylic acids is 4. The highest BCUT2D eigenvalue weighted by Crippen LogP contribution is 2.33. The molecule has 0 aromatic heterocycles. The molecule has 1 heterocycles. The topological polar surface area (TPSA) is 195 Å². The average Bonchev–Trinajstić information content (AvgIpc) is 2.80. The van der Waals surface area contributed by atoms with Gasteiger partial charge in [0.2, 0.25) is 5.91 Å². The Hall–Kier alpha value is -3.71.